The van der Waals surface area contributed by atoms with Crippen molar-refractivity contribution in [2.75, 3.05) is 26.4 Å². The number of allylic oxidation sites excluding steroid dienone is 10. The summed E-state index contributed by atoms with van der Waals surface area (Å²) in [6, 6.07) is 0. The molecule has 4 atom stereocenters. The second-order valence-electron chi connectivity index (χ2n) is 16.4. The first-order chi connectivity index (χ1) is 30.0. The van der Waals surface area contributed by atoms with E-state index in [1.807, 2.05) is 48.6 Å². The van der Waals surface area contributed by atoms with Crippen LogP contribution in [0.15, 0.2) is 72.9 Å². The Balaban J connectivity index is 4.39. The number of ether oxygens (including phenoxy) is 2. The minimum atomic E-state index is -4.65. The van der Waals surface area contributed by atoms with Crippen molar-refractivity contribution in [1.29, 1.82) is 0 Å². The second-order valence-corrected chi connectivity index (χ2v) is 17.9. The summed E-state index contributed by atoms with van der Waals surface area (Å²) in [5, 5.41) is 28.4. The van der Waals surface area contributed by atoms with Gasteiger partial charge in [0.15, 0.2) is 6.10 Å². The standard InChI is InChI=1S/C50H87O11P/c1-4-5-6-7-27-32-37-46(52)38-33-28-23-19-16-17-20-24-29-34-39-49(54)58-43-48(44-60-62(56,57)59-42-47(53)41-51)61-50(55)40-35-30-25-21-15-13-11-9-8-10-12-14-18-22-26-31-36-45(2)3/h5-6,16-17,23-24,27-29,32-33,38,45-48,51-53H,4,7-15,18-22,25-26,30-31,34-37,39-44H2,1-3H3,(H,56,57)/b6-5-,17-16-,28-23-,29-24-,32-27-,38-33+/t46?,47-,48+/m0/s1. The summed E-state index contributed by atoms with van der Waals surface area (Å²) in [5.41, 5.74) is 0. The molecule has 62 heavy (non-hydrogen) atoms. The van der Waals surface area contributed by atoms with Gasteiger partial charge in [-0.25, -0.2) is 4.57 Å². The van der Waals surface area contributed by atoms with Gasteiger partial charge in [-0.1, -0.05) is 196 Å². The van der Waals surface area contributed by atoms with E-state index >= 15 is 0 Å². The van der Waals surface area contributed by atoms with E-state index in [0.717, 1.165) is 44.4 Å². The van der Waals surface area contributed by atoms with Crippen molar-refractivity contribution < 1.29 is 52.9 Å². The molecule has 0 aliphatic carbocycles. The lowest BCUT2D eigenvalue weighted by Crippen LogP contribution is -2.29. The van der Waals surface area contributed by atoms with Crippen LogP contribution in [0.1, 0.15) is 181 Å². The van der Waals surface area contributed by atoms with Gasteiger partial charge in [-0.3, -0.25) is 18.6 Å². The number of hydrogen-bond donors (Lipinski definition) is 4. The highest BCUT2D eigenvalue weighted by atomic mass is 31.2. The van der Waals surface area contributed by atoms with Crippen LogP contribution < -0.4 is 0 Å². The minimum Gasteiger partial charge on any atom is -0.462 e. The summed E-state index contributed by atoms with van der Waals surface area (Å²) in [6.07, 6.45) is 46.3. The molecule has 0 aliphatic rings. The molecule has 0 amide bonds. The van der Waals surface area contributed by atoms with Crippen LogP contribution in [-0.4, -0.2) is 76.9 Å². The predicted octanol–water partition coefficient (Wildman–Crippen LogP) is 12.1. The molecule has 0 spiro atoms. The highest BCUT2D eigenvalue weighted by Gasteiger charge is 2.27. The van der Waals surface area contributed by atoms with Gasteiger partial charge in [0, 0.05) is 12.8 Å². The number of phosphoric acid groups is 1. The van der Waals surface area contributed by atoms with Gasteiger partial charge in [0.1, 0.15) is 12.7 Å². The fourth-order valence-electron chi connectivity index (χ4n) is 6.23. The van der Waals surface area contributed by atoms with E-state index in [2.05, 4.69) is 43.5 Å². The van der Waals surface area contributed by atoms with Crippen molar-refractivity contribution >= 4 is 19.8 Å². The van der Waals surface area contributed by atoms with Gasteiger partial charge in [0.25, 0.3) is 0 Å². The zero-order chi connectivity index (χ0) is 45.8. The van der Waals surface area contributed by atoms with E-state index in [9.17, 15) is 29.3 Å². The molecule has 0 fully saturated rings. The summed E-state index contributed by atoms with van der Waals surface area (Å²) in [6.45, 7) is 4.45. The molecule has 0 aromatic heterocycles. The SMILES string of the molecule is CC/C=C\C/C=C\CC(O)/C=C/C=C\C/C=C\C/C=C\CCC(=O)OC[C@H](COP(=O)(O)OC[C@@H](O)CO)OC(=O)CCCCCCCCCCCCCCCCCCC(C)C. The Morgan fingerprint density at radius 2 is 1.11 bits per heavy atom. The van der Waals surface area contributed by atoms with Crippen molar-refractivity contribution in [2.45, 2.75) is 200 Å². The number of rotatable bonds is 43. The van der Waals surface area contributed by atoms with Crippen LogP contribution in [0.3, 0.4) is 0 Å². The Labute approximate surface area is 376 Å². The third-order valence-electron chi connectivity index (χ3n) is 9.90. The molecule has 0 rings (SSSR count). The molecule has 0 saturated heterocycles. The molecule has 0 aromatic rings. The Morgan fingerprint density at radius 3 is 1.69 bits per heavy atom. The van der Waals surface area contributed by atoms with Gasteiger partial charge in [-0.15, -0.1) is 0 Å². The minimum absolute atomic E-state index is 0.0911. The maximum Gasteiger partial charge on any atom is 0.472 e. The fraction of sp³-hybridized carbons (Fsp3) is 0.720. The van der Waals surface area contributed by atoms with E-state index in [1.165, 1.54) is 83.5 Å². The van der Waals surface area contributed by atoms with Gasteiger partial charge in [-0.2, -0.15) is 0 Å². The number of aliphatic hydroxyl groups excluding tert-OH is 3. The first-order valence-corrected chi connectivity index (χ1v) is 25.4. The number of hydrogen-bond acceptors (Lipinski definition) is 10. The van der Waals surface area contributed by atoms with E-state index in [4.69, 9.17) is 19.1 Å². The lowest BCUT2D eigenvalue weighted by Gasteiger charge is -2.20. The van der Waals surface area contributed by atoms with E-state index in [1.54, 1.807) is 6.08 Å². The van der Waals surface area contributed by atoms with Crippen LogP contribution >= 0.6 is 7.82 Å². The lowest BCUT2D eigenvalue weighted by atomic mass is 10.0. The van der Waals surface area contributed by atoms with Crippen molar-refractivity contribution in [3.63, 3.8) is 0 Å². The molecule has 11 nitrogen and oxygen atoms in total. The quantitative estimate of drug-likeness (QED) is 0.0151. The summed E-state index contributed by atoms with van der Waals surface area (Å²) in [4.78, 5) is 35.1. The van der Waals surface area contributed by atoms with Crippen molar-refractivity contribution in [1.82, 2.24) is 0 Å². The highest BCUT2D eigenvalue weighted by Crippen LogP contribution is 2.43. The summed E-state index contributed by atoms with van der Waals surface area (Å²) < 4.78 is 32.7. The van der Waals surface area contributed by atoms with Gasteiger partial charge in [0.05, 0.1) is 25.9 Å². The number of esters is 2. The van der Waals surface area contributed by atoms with Crippen molar-refractivity contribution in [2.24, 2.45) is 5.92 Å². The average molecular weight is 895 g/mol. The number of aliphatic hydroxyl groups is 3. The van der Waals surface area contributed by atoms with Crippen molar-refractivity contribution in [3.05, 3.63) is 72.9 Å². The topological polar surface area (TPSA) is 169 Å². The molecule has 0 bridgehead atoms. The highest BCUT2D eigenvalue weighted by molar-refractivity contribution is 7.47. The molecule has 0 aromatic carbocycles. The number of unbranched alkanes of at least 4 members (excludes halogenated alkanes) is 15. The Morgan fingerprint density at radius 1 is 0.597 bits per heavy atom. The maximum absolute atomic E-state index is 12.7. The molecular weight excluding hydrogens is 808 g/mol. The third-order valence-corrected chi connectivity index (χ3v) is 10.8. The Bertz CT molecular complexity index is 1290. The largest absolute Gasteiger partial charge is 0.472 e. The molecule has 0 aliphatic heterocycles. The summed E-state index contributed by atoms with van der Waals surface area (Å²) >= 11 is 0. The fourth-order valence-corrected chi connectivity index (χ4v) is 7.02. The lowest BCUT2D eigenvalue weighted by molar-refractivity contribution is -0.161. The molecule has 0 heterocycles. The van der Waals surface area contributed by atoms with Crippen LogP contribution in [0.2, 0.25) is 0 Å². The van der Waals surface area contributed by atoms with Gasteiger partial charge >= 0.3 is 19.8 Å². The maximum atomic E-state index is 12.7. The van der Waals surface area contributed by atoms with E-state index < -0.39 is 57.9 Å². The Hall–Kier alpha value is -2.63. The summed E-state index contributed by atoms with van der Waals surface area (Å²) in [7, 11) is -4.65. The molecule has 12 heteroatoms. The number of carbonyl (C=O) groups excluding carboxylic acids is 2. The molecule has 0 radical (unpaired) electrons. The smallest absolute Gasteiger partial charge is 0.462 e. The van der Waals surface area contributed by atoms with Crippen LogP contribution in [0.5, 0.6) is 0 Å². The first-order valence-electron chi connectivity index (χ1n) is 23.9. The number of phosphoric ester groups is 1. The molecule has 2 unspecified atom stereocenters. The molecule has 4 N–H and O–H groups in total. The van der Waals surface area contributed by atoms with E-state index in [0.29, 0.717) is 25.7 Å². The number of carbonyl (C=O) groups is 2. The van der Waals surface area contributed by atoms with E-state index in [-0.39, 0.29) is 19.4 Å². The normalized spacial score (nSPS) is 15.0. The zero-order valence-electron chi connectivity index (χ0n) is 38.8. The molecule has 358 valence electrons. The molecular formula is C50H87O11P. The second kappa shape index (κ2) is 43.6. The predicted molar refractivity (Wildman–Crippen MR) is 252 cm³/mol. The average Bonchev–Trinajstić information content (AvgIpc) is 3.24. The third kappa shape index (κ3) is 44.0. The van der Waals surface area contributed by atoms with Gasteiger partial charge in [-0.05, 0) is 50.9 Å². The van der Waals surface area contributed by atoms with Crippen molar-refractivity contribution in [3.8, 4) is 0 Å². The monoisotopic (exact) mass is 895 g/mol. The van der Waals surface area contributed by atoms with Crippen LogP contribution in [0.4, 0.5) is 0 Å². The first kappa shape index (κ1) is 59.4. The van der Waals surface area contributed by atoms with Gasteiger partial charge in [0.2, 0.25) is 0 Å². The van der Waals surface area contributed by atoms with Gasteiger partial charge < -0.3 is 29.7 Å². The van der Waals surface area contributed by atoms with Crippen LogP contribution in [0, 0.1) is 5.92 Å². The Kier molecular flexibility index (Phi) is 41.8. The summed E-state index contributed by atoms with van der Waals surface area (Å²) in [5.74, 6) is -0.226. The van der Waals surface area contributed by atoms with Crippen LogP contribution in [-0.2, 0) is 32.7 Å². The zero-order valence-corrected chi connectivity index (χ0v) is 39.7. The molecule has 0 saturated carbocycles. The van der Waals surface area contributed by atoms with Crippen LogP contribution in [0.25, 0.3) is 0 Å².